The molecule has 0 N–H and O–H groups in total. The van der Waals surface area contributed by atoms with Gasteiger partial charge in [0, 0.05) is 28.6 Å². The van der Waals surface area contributed by atoms with Gasteiger partial charge in [-0.1, -0.05) is 22.3 Å². The zero-order valence-corrected chi connectivity index (χ0v) is 12.0. The highest BCUT2D eigenvalue weighted by atomic mass is 35.5. The molecule has 1 aliphatic rings. The molecular weight excluding hydrogens is 294 g/mol. The number of hydrogen-bond donors (Lipinski definition) is 0. The van der Waals surface area contributed by atoms with Crippen LogP contribution in [-0.2, 0) is 16.1 Å². The molecule has 1 aliphatic heterocycles. The summed E-state index contributed by atoms with van der Waals surface area (Å²) in [7, 11) is 0. The SMILES string of the molecule is O=C(C[n+]1cc([O-])c2c(Cl)cccc2n1)N1CCOCC1. The second kappa shape index (κ2) is 5.83. The van der Waals surface area contributed by atoms with Crippen molar-refractivity contribution >= 4 is 28.4 Å². The number of aromatic nitrogens is 2. The number of nitrogens with zero attached hydrogens (tertiary/aromatic N) is 3. The van der Waals surface area contributed by atoms with Crippen LogP contribution in [-0.4, -0.2) is 42.2 Å². The van der Waals surface area contributed by atoms with Crippen molar-refractivity contribution in [1.29, 1.82) is 0 Å². The Morgan fingerprint density at radius 1 is 1.43 bits per heavy atom. The average Bonchev–Trinajstić information content (AvgIpc) is 2.48. The molecule has 110 valence electrons. The van der Waals surface area contributed by atoms with Gasteiger partial charge in [0.25, 0.3) is 12.5 Å². The summed E-state index contributed by atoms with van der Waals surface area (Å²) in [5, 5.41) is 17.1. The van der Waals surface area contributed by atoms with E-state index in [1.165, 1.54) is 10.9 Å². The van der Waals surface area contributed by atoms with Crippen LogP contribution in [0.15, 0.2) is 24.4 Å². The van der Waals surface area contributed by atoms with Crippen molar-refractivity contribution in [3.8, 4) is 5.75 Å². The predicted molar refractivity (Wildman–Crippen MR) is 73.8 cm³/mol. The summed E-state index contributed by atoms with van der Waals surface area (Å²) in [6, 6.07) is 5.08. The third-order valence-corrected chi connectivity index (χ3v) is 3.72. The van der Waals surface area contributed by atoms with E-state index in [9.17, 15) is 9.90 Å². The molecular formula is C14H14ClN3O3. The lowest BCUT2D eigenvalue weighted by Crippen LogP contribution is -2.50. The number of halogens is 1. The Bertz CT molecular complexity index is 686. The standard InChI is InChI=1S/C14H14ClN3O3/c15-10-2-1-3-11-14(10)12(19)8-18(16-11)9-13(20)17-4-6-21-7-5-17/h1-3,8H,4-7,9H2. The number of carbonyl (C=O) groups is 1. The fraction of sp³-hybridized carbons (Fsp3) is 0.357. The summed E-state index contributed by atoms with van der Waals surface area (Å²) < 4.78 is 6.58. The minimum absolute atomic E-state index is 0.0394. The number of hydrogen-bond acceptors (Lipinski definition) is 4. The van der Waals surface area contributed by atoms with Crippen LogP contribution >= 0.6 is 11.6 Å². The second-order valence-corrected chi connectivity index (χ2v) is 5.23. The average molecular weight is 308 g/mol. The monoisotopic (exact) mass is 307 g/mol. The topological polar surface area (TPSA) is 69.4 Å². The maximum Gasteiger partial charge on any atom is 0.291 e. The molecule has 21 heavy (non-hydrogen) atoms. The lowest BCUT2D eigenvalue weighted by atomic mass is 10.2. The zero-order chi connectivity index (χ0) is 14.8. The summed E-state index contributed by atoms with van der Waals surface area (Å²) in [6.07, 6.45) is 1.31. The van der Waals surface area contributed by atoms with Crippen LogP contribution in [0.25, 0.3) is 10.9 Å². The molecule has 0 saturated carbocycles. The summed E-state index contributed by atoms with van der Waals surface area (Å²) in [5.41, 5.74) is 0.491. The lowest BCUT2D eigenvalue weighted by molar-refractivity contribution is -0.742. The largest absolute Gasteiger partial charge is 0.868 e. The quantitative estimate of drug-likeness (QED) is 0.738. The maximum atomic E-state index is 12.2. The van der Waals surface area contributed by atoms with Gasteiger partial charge in [0.05, 0.1) is 13.2 Å². The molecule has 0 radical (unpaired) electrons. The van der Waals surface area contributed by atoms with E-state index >= 15 is 0 Å². The summed E-state index contributed by atoms with van der Waals surface area (Å²) in [5.74, 6) is -0.308. The molecule has 2 aromatic rings. The van der Waals surface area contributed by atoms with Crippen LogP contribution in [0.4, 0.5) is 0 Å². The molecule has 2 heterocycles. The van der Waals surface area contributed by atoms with Crippen molar-refractivity contribution in [1.82, 2.24) is 10.00 Å². The molecule has 0 aliphatic carbocycles. The molecule has 1 saturated heterocycles. The van der Waals surface area contributed by atoms with E-state index in [0.29, 0.717) is 42.2 Å². The fourth-order valence-electron chi connectivity index (χ4n) is 2.34. The van der Waals surface area contributed by atoms with Gasteiger partial charge in [0.1, 0.15) is 5.52 Å². The molecule has 0 atom stereocenters. The van der Waals surface area contributed by atoms with E-state index in [1.54, 1.807) is 23.1 Å². The number of carbonyl (C=O) groups excluding carboxylic acids is 1. The number of fused-ring (bicyclic) bond motifs is 1. The predicted octanol–water partition coefficient (Wildman–Crippen LogP) is 0.108. The molecule has 0 unspecified atom stereocenters. The van der Waals surface area contributed by atoms with E-state index in [-0.39, 0.29) is 18.2 Å². The van der Waals surface area contributed by atoms with Gasteiger partial charge in [-0.25, -0.2) is 0 Å². The third-order valence-electron chi connectivity index (χ3n) is 3.40. The van der Waals surface area contributed by atoms with Crippen LogP contribution in [0.5, 0.6) is 5.75 Å². The zero-order valence-electron chi connectivity index (χ0n) is 11.3. The molecule has 3 rings (SSSR count). The van der Waals surface area contributed by atoms with Gasteiger partial charge in [0.2, 0.25) is 0 Å². The van der Waals surface area contributed by atoms with E-state index in [4.69, 9.17) is 16.3 Å². The first-order valence-electron chi connectivity index (χ1n) is 6.66. The first kappa shape index (κ1) is 14.0. The van der Waals surface area contributed by atoms with Gasteiger partial charge >= 0.3 is 0 Å². The molecule has 7 heteroatoms. The van der Waals surface area contributed by atoms with Crippen molar-refractivity contribution in [2.24, 2.45) is 0 Å². The highest BCUT2D eigenvalue weighted by Crippen LogP contribution is 2.26. The Hall–Kier alpha value is -1.92. The van der Waals surface area contributed by atoms with Gasteiger partial charge in [-0.2, -0.15) is 0 Å². The Labute approximate surface area is 126 Å². The maximum absolute atomic E-state index is 12.2. The van der Waals surface area contributed by atoms with Crippen molar-refractivity contribution in [2.75, 3.05) is 26.3 Å². The van der Waals surface area contributed by atoms with E-state index in [1.807, 2.05) is 0 Å². The molecule has 1 amide bonds. The molecule has 6 nitrogen and oxygen atoms in total. The Balaban J connectivity index is 1.86. The Kier molecular flexibility index (Phi) is 3.90. The first-order chi connectivity index (χ1) is 10.1. The Morgan fingerprint density at radius 2 is 2.19 bits per heavy atom. The highest BCUT2D eigenvalue weighted by Gasteiger charge is 2.21. The van der Waals surface area contributed by atoms with Crippen molar-refractivity contribution < 1.29 is 19.3 Å². The number of morpholine rings is 1. The molecule has 0 spiro atoms. The summed E-state index contributed by atoms with van der Waals surface area (Å²) in [4.78, 5) is 13.9. The van der Waals surface area contributed by atoms with Crippen LogP contribution < -0.4 is 9.79 Å². The molecule has 0 bridgehead atoms. The number of amides is 1. The van der Waals surface area contributed by atoms with Crippen molar-refractivity contribution in [2.45, 2.75) is 6.54 Å². The van der Waals surface area contributed by atoms with Crippen LogP contribution in [0.3, 0.4) is 0 Å². The van der Waals surface area contributed by atoms with E-state index in [0.717, 1.165) is 0 Å². The van der Waals surface area contributed by atoms with Gasteiger partial charge < -0.3 is 14.7 Å². The van der Waals surface area contributed by atoms with Gasteiger partial charge in [-0.3, -0.25) is 4.79 Å². The van der Waals surface area contributed by atoms with E-state index in [2.05, 4.69) is 5.10 Å². The van der Waals surface area contributed by atoms with Crippen LogP contribution in [0, 0.1) is 0 Å². The number of ether oxygens (including phenoxy) is 1. The van der Waals surface area contributed by atoms with Gasteiger partial charge in [-0.15, -0.1) is 0 Å². The normalized spacial score (nSPS) is 15.4. The van der Waals surface area contributed by atoms with Gasteiger partial charge in [0.15, 0.2) is 6.20 Å². The highest BCUT2D eigenvalue weighted by molar-refractivity contribution is 6.35. The van der Waals surface area contributed by atoms with Gasteiger partial charge in [-0.05, 0) is 17.9 Å². The van der Waals surface area contributed by atoms with Crippen LogP contribution in [0.1, 0.15) is 0 Å². The van der Waals surface area contributed by atoms with Crippen molar-refractivity contribution in [3.63, 3.8) is 0 Å². The fourth-order valence-corrected chi connectivity index (χ4v) is 2.60. The third kappa shape index (κ3) is 2.91. The van der Waals surface area contributed by atoms with Crippen molar-refractivity contribution in [3.05, 3.63) is 29.4 Å². The second-order valence-electron chi connectivity index (χ2n) is 4.82. The summed E-state index contributed by atoms with van der Waals surface area (Å²) in [6.45, 7) is 2.28. The molecule has 1 fully saturated rings. The number of rotatable bonds is 2. The molecule has 1 aromatic carbocycles. The minimum Gasteiger partial charge on any atom is -0.868 e. The first-order valence-corrected chi connectivity index (χ1v) is 7.04. The van der Waals surface area contributed by atoms with E-state index < -0.39 is 0 Å². The minimum atomic E-state index is -0.236. The Morgan fingerprint density at radius 3 is 2.95 bits per heavy atom. The summed E-state index contributed by atoms with van der Waals surface area (Å²) >= 11 is 6.00. The van der Waals surface area contributed by atoms with Crippen LogP contribution in [0.2, 0.25) is 5.02 Å². The smallest absolute Gasteiger partial charge is 0.291 e. The lowest BCUT2D eigenvalue weighted by Gasteiger charge is -2.25. The molecule has 1 aromatic heterocycles. The number of benzene rings is 1.